The zero-order chi connectivity index (χ0) is 4.99. The van der Waals surface area contributed by atoms with Crippen molar-refractivity contribution in [2.24, 2.45) is 16.5 Å². The van der Waals surface area contributed by atoms with Crippen LogP contribution in [0.5, 0.6) is 0 Å². The van der Waals surface area contributed by atoms with Gasteiger partial charge in [0, 0.05) is 6.54 Å². The van der Waals surface area contributed by atoms with E-state index in [1.807, 2.05) is 6.92 Å². The molecule has 10 heavy (non-hydrogen) atoms. The van der Waals surface area contributed by atoms with Crippen LogP contribution in [0.25, 0.3) is 0 Å². The smallest absolute Gasteiger partial charge is 0.185 e. The molecule has 0 bridgehead atoms. The first-order valence-electron chi connectivity index (χ1n) is 1.82. The molecule has 0 unspecified atom stereocenters. The van der Waals surface area contributed by atoms with Gasteiger partial charge in [-0.15, -0.1) is 0 Å². The molecule has 0 atom stereocenters. The fourth-order valence-corrected chi connectivity index (χ4v) is 0.183. The molecule has 0 aliphatic rings. The van der Waals surface area contributed by atoms with Crippen LogP contribution in [0, 0.1) is 0 Å². The van der Waals surface area contributed by atoms with E-state index >= 15 is 0 Å². The number of hydrogen-bond acceptors (Lipinski definition) is 1. The quantitative estimate of drug-likeness (QED) is 0.443. The fourth-order valence-electron chi connectivity index (χ4n) is 0.183. The predicted molar refractivity (Wildman–Crippen MR) is 53.3 cm³/mol. The molecule has 0 radical (unpaired) electrons. The van der Waals surface area contributed by atoms with Crippen LogP contribution in [0.4, 0.5) is 0 Å². The molecule has 0 amide bonds. The molecule has 68 valence electrons. The highest BCUT2D eigenvalue weighted by atomic mass is 15.0. The summed E-state index contributed by atoms with van der Waals surface area (Å²) in [7, 11) is 0. The number of hydrogen-bond donors (Lipinski definition) is 2. The zero-order valence-corrected chi connectivity index (χ0v) is 3.81. The van der Waals surface area contributed by atoms with Gasteiger partial charge in [-0.2, -0.15) is 0 Å². The first-order valence-corrected chi connectivity index (χ1v) is 1.82. The SMILES string of the molecule is C.C.C.C.CCN=C(N)N. The lowest BCUT2D eigenvalue weighted by Gasteiger charge is -1.82. The van der Waals surface area contributed by atoms with Gasteiger partial charge in [0.05, 0.1) is 0 Å². The molecular weight excluding hydrogens is 126 g/mol. The molecule has 4 N–H and O–H groups in total. The lowest BCUT2D eigenvalue weighted by Crippen LogP contribution is -2.22. The summed E-state index contributed by atoms with van der Waals surface area (Å²) in [6.07, 6.45) is 0. The van der Waals surface area contributed by atoms with E-state index in [4.69, 9.17) is 11.5 Å². The topological polar surface area (TPSA) is 64.4 Å². The van der Waals surface area contributed by atoms with Crippen LogP contribution < -0.4 is 11.5 Å². The van der Waals surface area contributed by atoms with E-state index in [2.05, 4.69) is 4.99 Å². The minimum atomic E-state index is 0. The van der Waals surface area contributed by atoms with Crippen LogP contribution in [0.2, 0.25) is 0 Å². The normalized spacial score (nSPS) is 4.50. The highest BCUT2D eigenvalue weighted by Gasteiger charge is 1.68. The lowest BCUT2D eigenvalue weighted by atomic mass is 10.8. The van der Waals surface area contributed by atoms with Gasteiger partial charge in [0.2, 0.25) is 0 Å². The molecule has 0 fully saturated rings. The van der Waals surface area contributed by atoms with Crippen molar-refractivity contribution in [1.82, 2.24) is 0 Å². The Morgan fingerprint density at radius 3 is 1.40 bits per heavy atom. The summed E-state index contributed by atoms with van der Waals surface area (Å²) in [6.45, 7) is 2.54. The maximum atomic E-state index is 4.93. The second-order valence-electron chi connectivity index (χ2n) is 0.899. The summed E-state index contributed by atoms with van der Waals surface area (Å²) in [5, 5.41) is 0. The highest BCUT2D eigenvalue weighted by Crippen LogP contribution is 1.58. The van der Waals surface area contributed by atoms with Crippen LogP contribution in [0.15, 0.2) is 4.99 Å². The molecule has 0 aliphatic heterocycles. The average molecular weight is 151 g/mol. The van der Waals surface area contributed by atoms with Crippen molar-refractivity contribution < 1.29 is 0 Å². The van der Waals surface area contributed by atoms with Gasteiger partial charge in [-0.1, -0.05) is 29.7 Å². The lowest BCUT2D eigenvalue weighted by molar-refractivity contribution is 1.11. The van der Waals surface area contributed by atoms with Crippen molar-refractivity contribution >= 4 is 5.96 Å². The molecule has 0 aliphatic carbocycles. The van der Waals surface area contributed by atoms with Gasteiger partial charge in [-0.3, -0.25) is 4.99 Å². The van der Waals surface area contributed by atoms with Crippen LogP contribution in [-0.2, 0) is 0 Å². The van der Waals surface area contributed by atoms with Crippen LogP contribution in [-0.4, -0.2) is 12.5 Å². The third-order valence-corrected chi connectivity index (χ3v) is 0.341. The summed E-state index contributed by atoms with van der Waals surface area (Å²) in [4.78, 5) is 3.60. The molecule has 0 aromatic carbocycles. The van der Waals surface area contributed by atoms with Gasteiger partial charge in [-0.25, -0.2) is 0 Å². The summed E-state index contributed by atoms with van der Waals surface area (Å²) >= 11 is 0. The summed E-state index contributed by atoms with van der Waals surface area (Å²) in [5.41, 5.74) is 9.86. The first-order chi connectivity index (χ1) is 2.77. The second kappa shape index (κ2) is 24.0. The van der Waals surface area contributed by atoms with Gasteiger partial charge in [0.15, 0.2) is 5.96 Å². The molecule has 0 heterocycles. The third kappa shape index (κ3) is 55.5. The minimum absolute atomic E-state index is 0. The molecule has 0 saturated carbocycles. The Balaban J connectivity index is -0.0000000208. The van der Waals surface area contributed by atoms with Gasteiger partial charge in [0.1, 0.15) is 0 Å². The number of nitrogens with zero attached hydrogens (tertiary/aromatic N) is 1. The summed E-state index contributed by atoms with van der Waals surface area (Å²) in [5.74, 6) is 0.164. The number of rotatable bonds is 1. The molecule has 0 spiro atoms. The summed E-state index contributed by atoms with van der Waals surface area (Å²) in [6, 6.07) is 0. The molecule has 3 heteroatoms. The van der Waals surface area contributed by atoms with E-state index in [1.54, 1.807) is 0 Å². The number of guanidine groups is 1. The first kappa shape index (κ1) is 34.8. The van der Waals surface area contributed by atoms with Gasteiger partial charge in [-0.05, 0) is 6.92 Å². The van der Waals surface area contributed by atoms with Crippen molar-refractivity contribution in [2.45, 2.75) is 36.6 Å². The predicted octanol–water partition coefficient (Wildman–Crippen LogP) is 1.82. The van der Waals surface area contributed by atoms with E-state index in [0.717, 1.165) is 0 Å². The van der Waals surface area contributed by atoms with E-state index in [9.17, 15) is 0 Å². The maximum absolute atomic E-state index is 4.93. The summed E-state index contributed by atoms with van der Waals surface area (Å²) < 4.78 is 0. The van der Waals surface area contributed by atoms with Gasteiger partial charge < -0.3 is 11.5 Å². The third-order valence-electron chi connectivity index (χ3n) is 0.341. The van der Waals surface area contributed by atoms with Crippen LogP contribution in [0.3, 0.4) is 0 Å². The molecule has 3 nitrogen and oxygen atoms in total. The Bertz CT molecular complexity index is 55.9. The molecule has 0 aromatic rings. The molecule has 0 saturated heterocycles. The minimum Gasteiger partial charge on any atom is -0.370 e. The van der Waals surface area contributed by atoms with Gasteiger partial charge in [0.25, 0.3) is 0 Å². The van der Waals surface area contributed by atoms with E-state index in [1.165, 1.54) is 0 Å². The highest BCUT2D eigenvalue weighted by molar-refractivity contribution is 5.75. The molecular formula is C7H25N3. The van der Waals surface area contributed by atoms with Crippen molar-refractivity contribution in [2.75, 3.05) is 6.54 Å². The second-order valence-corrected chi connectivity index (χ2v) is 0.899. The Hall–Kier alpha value is -0.730. The standard InChI is InChI=1S/C3H9N3.4CH4/c1-2-6-3(4)5;;;;/h2H2,1H3,(H4,4,5,6);4*1H4. The van der Waals surface area contributed by atoms with E-state index in [-0.39, 0.29) is 35.7 Å². The van der Waals surface area contributed by atoms with Crippen molar-refractivity contribution in [3.8, 4) is 0 Å². The monoisotopic (exact) mass is 151 g/mol. The van der Waals surface area contributed by atoms with Gasteiger partial charge >= 0.3 is 0 Å². The zero-order valence-electron chi connectivity index (χ0n) is 3.81. The van der Waals surface area contributed by atoms with Crippen molar-refractivity contribution in [3.63, 3.8) is 0 Å². The van der Waals surface area contributed by atoms with Crippen LogP contribution >= 0.6 is 0 Å². The van der Waals surface area contributed by atoms with E-state index in [0.29, 0.717) is 6.54 Å². The van der Waals surface area contributed by atoms with Crippen LogP contribution in [0.1, 0.15) is 36.6 Å². The Morgan fingerprint density at radius 1 is 1.10 bits per heavy atom. The van der Waals surface area contributed by atoms with Crippen molar-refractivity contribution in [1.29, 1.82) is 0 Å². The Kier molecular flexibility index (Phi) is 83.4. The average Bonchev–Trinajstić information content (AvgIpc) is 1.35. The largest absolute Gasteiger partial charge is 0.370 e. The van der Waals surface area contributed by atoms with E-state index < -0.39 is 0 Å². The Morgan fingerprint density at radius 2 is 1.40 bits per heavy atom. The number of aliphatic imine (C=N–C) groups is 1. The molecule has 0 rings (SSSR count). The van der Waals surface area contributed by atoms with Crippen molar-refractivity contribution in [3.05, 3.63) is 0 Å². The number of nitrogens with two attached hydrogens (primary N) is 2. The molecule has 0 aromatic heterocycles. The maximum Gasteiger partial charge on any atom is 0.185 e. The fraction of sp³-hybridized carbons (Fsp3) is 0.857. The Labute approximate surface area is 66.5 Å².